The van der Waals surface area contributed by atoms with E-state index in [2.05, 4.69) is 20.8 Å². The van der Waals surface area contributed by atoms with Crippen LogP contribution in [0.25, 0.3) is 0 Å². The number of aliphatic hydroxyl groups is 1. The summed E-state index contributed by atoms with van der Waals surface area (Å²) in [5, 5.41) is 9.67. The molecule has 106 valence electrons. The van der Waals surface area contributed by atoms with Crippen molar-refractivity contribution in [3.05, 3.63) is 28.7 Å². The van der Waals surface area contributed by atoms with E-state index in [1.165, 1.54) is 6.42 Å². The molecule has 4 heteroatoms. The zero-order valence-electron chi connectivity index (χ0n) is 11.4. The molecule has 1 N–H and O–H groups in total. The van der Waals surface area contributed by atoms with Crippen molar-refractivity contribution in [2.45, 2.75) is 25.9 Å². The van der Waals surface area contributed by atoms with Crippen LogP contribution in [0, 0.1) is 5.92 Å². The molecule has 0 spiro atoms. The molecule has 0 saturated carbocycles. The number of ether oxygens (including phenoxy) is 1. The van der Waals surface area contributed by atoms with Crippen LogP contribution in [0.15, 0.2) is 28.7 Å². The minimum absolute atomic E-state index is 0.202. The average molecular weight is 328 g/mol. The fourth-order valence-corrected chi connectivity index (χ4v) is 2.93. The molecule has 1 aliphatic rings. The Balaban J connectivity index is 1.75. The molecule has 2 rings (SSSR count). The number of rotatable bonds is 5. The van der Waals surface area contributed by atoms with Crippen molar-refractivity contribution in [3.8, 4) is 5.75 Å². The number of para-hydroxylation sites is 1. The molecule has 2 atom stereocenters. The van der Waals surface area contributed by atoms with Crippen LogP contribution < -0.4 is 4.74 Å². The molecular formula is C15H22BrNO2. The molecule has 1 saturated heterocycles. The summed E-state index contributed by atoms with van der Waals surface area (Å²) in [5.74, 6) is 1.31. The van der Waals surface area contributed by atoms with Gasteiger partial charge in [0, 0.05) is 13.1 Å². The molecule has 0 bridgehead atoms. The lowest BCUT2D eigenvalue weighted by Gasteiger charge is -2.33. The first-order valence-electron chi connectivity index (χ1n) is 6.94. The Labute approximate surface area is 123 Å². The van der Waals surface area contributed by atoms with E-state index in [-0.39, 0.29) is 6.10 Å². The number of hydrogen-bond donors (Lipinski definition) is 1. The highest BCUT2D eigenvalue weighted by Gasteiger charge is 2.23. The van der Waals surface area contributed by atoms with Crippen molar-refractivity contribution < 1.29 is 9.84 Å². The van der Waals surface area contributed by atoms with Gasteiger partial charge in [-0.25, -0.2) is 0 Å². The summed E-state index contributed by atoms with van der Waals surface area (Å²) in [6, 6.07) is 7.91. The normalized spacial score (nSPS) is 22.2. The van der Waals surface area contributed by atoms with Crippen molar-refractivity contribution in [2.24, 2.45) is 5.92 Å². The molecule has 19 heavy (non-hydrogen) atoms. The van der Waals surface area contributed by atoms with E-state index in [4.69, 9.17) is 4.74 Å². The van der Waals surface area contributed by atoms with Crippen molar-refractivity contribution in [1.29, 1.82) is 0 Å². The maximum Gasteiger partial charge on any atom is 0.133 e. The highest BCUT2D eigenvalue weighted by molar-refractivity contribution is 9.10. The zero-order valence-corrected chi connectivity index (χ0v) is 13.0. The minimum Gasteiger partial charge on any atom is -0.491 e. The Hall–Kier alpha value is -0.580. The maximum absolute atomic E-state index is 9.67. The summed E-state index contributed by atoms with van der Waals surface area (Å²) < 4.78 is 6.78. The van der Waals surface area contributed by atoms with Gasteiger partial charge in [-0.15, -0.1) is 0 Å². The third kappa shape index (κ3) is 4.48. The SMILES string of the molecule is C[C@@H](O)[C@H]1CCCN(CCOc2ccccc2Br)C1. The third-order valence-electron chi connectivity index (χ3n) is 3.73. The average Bonchev–Trinajstić information content (AvgIpc) is 2.41. The van der Waals surface area contributed by atoms with E-state index in [9.17, 15) is 5.11 Å². The van der Waals surface area contributed by atoms with Crippen LogP contribution >= 0.6 is 15.9 Å². The van der Waals surface area contributed by atoms with E-state index >= 15 is 0 Å². The van der Waals surface area contributed by atoms with Crippen LogP contribution in [0.2, 0.25) is 0 Å². The molecule has 3 nitrogen and oxygen atoms in total. The third-order valence-corrected chi connectivity index (χ3v) is 4.38. The van der Waals surface area contributed by atoms with Gasteiger partial charge in [-0.2, -0.15) is 0 Å². The Bertz CT molecular complexity index is 397. The number of likely N-dealkylation sites (tertiary alicyclic amines) is 1. The standard InChI is InChI=1S/C15H22BrNO2/c1-12(18)13-5-4-8-17(11-13)9-10-19-15-7-3-2-6-14(15)16/h2-3,6-7,12-13,18H,4-5,8-11H2,1H3/t12-,13+/m1/s1. The molecule has 1 aliphatic heterocycles. The van der Waals surface area contributed by atoms with Crippen molar-refractivity contribution in [1.82, 2.24) is 4.90 Å². The van der Waals surface area contributed by atoms with Gasteiger partial charge in [0.1, 0.15) is 12.4 Å². The van der Waals surface area contributed by atoms with Crippen molar-refractivity contribution in [3.63, 3.8) is 0 Å². The summed E-state index contributed by atoms with van der Waals surface area (Å²) in [4.78, 5) is 2.39. The van der Waals surface area contributed by atoms with Gasteiger partial charge in [-0.3, -0.25) is 4.90 Å². The second-order valence-electron chi connectivity index (χ2n) is 5.22. The highest BCUT2D eigenvalue weighted by atomic mass is 79.9. The number of piperidine rings is 1. The van der Waals surface area contributed by atoms with Crippen LogP contribution in [-0.4, -0.2) is 42.4 Å². The van der Waals surface area contributed by atoms with Crippen molar-refractivity contribution in [2.75, 3.05) is 26.2 Å². The molecule has 1 aromatic rings. The molecular weight excluding hydrogens is 306 g/mol. The Morgan fingerprint density at radius 3 is 3.00 bits per heavy atom. The van der Waals surface area contributed by atoms with Crippen LogP contribution in [-0.2, 0) is 0 Å². The first kappa shape index (κ1) is 14.8. The lowest BCUT2D eigenvalue weighted by Crippen LogP contribution is -2.41. The number of halogens is 1. The predicted molar refractivity (Wildman–Crippen MR) is 80.5 cm³/mol. The van der Waals surface area contributed by atoms with Crippen LogP contribution in [0.4, 0.5) is 0 Å². The molecule has 0 unspecified atom stereocenters. The van der Waals surface area contributed by atoms with Gasteiger partial charge in [-0.1, -0.05) is 12.1 Å². The summed E-state index contributed by atoms with van der Waals surface area (Å²) in [7, 11) is 0. The van der Waals surface area contributed by atoms with Gasteiger partial charge in [0.25, 0.3) is 0 Å². The first-order valence-corrected chi connectivity index (χ1v) is 7.74. The predicted octanol–water partition coefficient (Wildman–Crippen LogP) is 2.92. The summed E-state index contributed by atoms with van der Waals surface area (Å²) in [6.45, 7) is 5.60. The largest absolute Gasteiger partial charge is 0.491 e. The van der Waals surface area contributed by atoms with E-state index in [1.807, 2.05) is 31.2 Å². The second kappa shape index (κ2) is 7.27. The second-order valence-corrected chi connectivity index (χ2v) is 6.08. The van der Waals surface area contributed by atoms with Crippen molar-refractivity contribution >= 4 is 15.9 Å². The van der Waals surface area contributed by atoms with Gasteiger partial charge in [0.2, 0.25) is 0 Å². The van der Waals surface area contributed by atoms with E-state index in [1.54, 1.807) is 0 Å². The van der Waals surface area contributed by atoms with Gasteiger partial charge in [-0.05, 0) is 60.3 Å². The molecule has 1 heterocycles. The number of aliphatic hydroxyl groups excluding tert-OH is 1. The number of benzene rings is 1. The van der Waals surface area contributed by atoms with E-state index < -0.39 is 0 Å². The Morgan fingerprint density at radius 2 is 2.26 bits per heavy atom. The lowest BCUT2D eigenvalue weighted by atomic mass is 9.93. The highest BCUT2D eigenvalue weighted by Crippen LogP contribution is 2.24. The topological polar surface area (TPSA) is 32.7 Å². The molecule has 1 fully saturated rings. The fraction of sp³-hybridized carbons (Fsp3) is 0.600. The van der Waals surface area contributed by atoms with Gasteiger partial charge in [0.15, 0.2) is 0 Å². The van der Waals surface area contributed by atoms with E-state index in [0.29, 0.717) is 12.5 Å². The lowest BCUT2D eigenvalue weighted by molar-refractivity contribution is 0.0573. The van der Waals surface area contributed by atoms with Gasteiger partial charge < -0.3 is 9.84 Å². The van der Waals surface area contributed by atoms with Gasteiger partial charge in [0.05, 0.1) is 10.6 Å². The summed E-state index contributed by atoms with van der Waals surface area (Å²) in [5.41, 5.74) is 0. The Morgan fingerprint density at radius 1 is 1.47 bits per heavy atom. The van der Waals surface area contributed by atoms with E-state index in [0.717, 1.165) is 36.3 Å². The van der Waals surface area contributed by atoms with Crippen LogP contribution in [0.5, 0.6) is 5.75 Å². The summed E-state index contributed by atoms with van der Waals surface area (Å²) >= 11 is 3.48. The molecule has 0 radical (unpaired) electrons. The molecule has 0 aromatic heterocycles. The Kier molecular flexibility index (Phi) is 5.67. The number of hydrogen-bond acceptors (Lipinski definition) is 3. The molecule has 1 aromatic carbocycles. The molecule has 0 amide bonds. The minimum atomic E-state index is -0.202. The van der Waals surface area contributed by atoms with Crippen LogP contribution in [0.1, 0.15) is 19.8 Å². The smallest absolute Gasteiger partial charge is 0.133 e. The summed E-state index contributed by atoms with van der Waals surface area (Å²) in [6.07, 6.45) is 2.11. The fourth-order valence-electron chi connectivity index (χ4n) is 2.53. The van der Waals surface area contributed by atoms with Crippen LogP contribution in [0.3, 0.4) is 0 Å². The quantitative estimate of drug-likeness (QED) is 0.902. The first-order chi connectivity index (χ1) is 9.16. The van der Waals surface area contributed by atoms with Gasteiger partial charge >= 0.3 is 0 Å². The maximum atomic E-state index is 9.67. The molecule has 0 aliphatic carbocycles. The monoisotopic (exact) mass is 327 g/mol. The number of nitrogens with zero attached hydrogens (tertiary/aromatic N) is 1. The zero-order chi connectivity index (χ0) is 13.7.